The maximum atomic E-state index is 2.56. The Hall–Kier alpha value is -3.20. The molecule has 2 aliphatic carbocycles. The van der Waals surface area contributed by atoms with E-state index in [0.29, 0.717) is 12.1 Å². The van der Waals surface area contributed by atoms with Crippen LogP contribution in [-0.4, -0.2) is 37.0 Å². The van der Waals surface area contributed by atoms with E-state index in [1.807, 2.05) is 0 Å². The second kappa shape index (κ2) is 10.0. The topological polar surface area (TPSA) is 6.48 Å². The summed E-state index contributed by atoms with van der Waals surface area (Å²) >= 11 is 0. The van der Waals surface area contributed by atoms with Gasteiger partial charge in [0.05, 0.1) is 12.1 Å². The van der Waals surface area contributed by atoms with E-state index in [2.05, 4.69) is 121 Å². The minimum Gasteiger partial charge on any atom is -0.295 e. The molecule has 0 spiro atoms. The quantitative estimate of drug-likeness (QED) is 0.228. The minimum atomic E-state index is 0.381. The molecule has 2 nitrogen and oxygen atoms in total. The van der Waals surface area contributed by atoms with Gasteiger partial charge in [0.2, 0.25) is 0 Å². The van der Waals surface area contributed by atoms with E-state index in [-0.39, 0.29) is 0 Å². The van der Waals surface area contributed by atoms with E-state index in [0.717, 1.165) is 13.1 Å². The number of hydrogen-bond donors (Lipinski definition) is 0. The maximum absolute atomic E-state index is 2.56. The molecule has 2 heteroatoms. The standard InChI is InChI=1S/C34H36N2/c1-35(33-29-19-9-5-15-25(29)26-16-6-10-20-30(26)33)23-13-3-4-14-24-36(2)34-31-21-11-7-17-27(31)28-18-8-12-22-32(28)34/h5-12,15-22,33-34H,3-4,13-14,23-24H2,1-2H3. The Balaban J connectivity index is 1.02. The van der Waals surface area contributed by atoms with Gasteiger partial charge in [-0.25, -0.2) is 0 Å². The van der Waals surface area contributed by atoms with Gasteiger partial charge in [0.25, 0.3) is 0 Å². The van der Waals surface area contributed by atoms with Crippen molar-refractivity contribution in [3.8, 4) is 22.3 Å². The first-order valence-corrected chi connectivity index (χ1v) is 13.5. The highest BCUT2D eigenvalue weighted by Gasteiger charge is 2.31. The highest BCUT2D eigenvalue weighted by atomic mass is 15.1. The molecule has 182 valence electrons. The summed E-state index contributed by atoms with van der Waals surface area (Å²) in [5, 5.41) is 0. The molecule has 4 aromatic rings. The van der Waals surface area contributed by atoms with Crippen LogP contribution < -0.4 is 0 Å². The Kier molecular flexibility index (Phi) is 6.48. The van der Waals surface area contributed by atoms with Gasteiger partial charge in [-0.3, -0.25) is 9.80 Å². The van der Waals surface area contributed by atoms with Gasteiger partial charge in [0.15, 0.2) is 0 Å². The molecule has 0 amide bonds. The van der Waals surface area contributed by atoms with E-state index < -0.39 is 0 Å². The van der Waals surface area contributed by atoms with E-state index in [1.54, 1.807) is 0 Å². The molecule has 0 N–H and O–H groups in total. The Labute approximate surface area is 216 Å². The van der Waals surface area contributed by atoms with E-state index in [9.17, 15) is 0 Å². The fraction of sp³-hybridized carbons (Fsp3) is 0.294. The monoisotopic (exact) mass is 472 g/mol. The predicted molar refractivity (Wildman–Crippen MR) is 151 cm³/mol. The smallest absolute Gasteiger partial charge is 0.0611 e. The summed E-state index contributed by atoms with van der Waals surface area (Å²) < 4.78 is 0. The predicted octanol–water partition coefficient (Wildman–Crippen LogP) is 7.95. The van der Waals surface area contributed by atoms with Gasteiger partial charge < -0.3 is 0 Å². The fourth-order valence-corrected chi connectivity index (χ4v) is 6.54. The molecular weight excluding hydrogens is 436 g/mol. The van der Waals surface area contributed by atoms with Crippen molar-refractivity contribution >= 4 is 0 Å². The molecule has 0 atom stereocenters. The second-order valence-electron chi connectivity index (χ2n) is 10.5. The molecule has 0 fully saturated rings. The number of rotatable bonds is 9. The molecule has 6 rings (SSSR count). The zero-order chi connectivity index (χ0) is 24.5. The normalized spacial score (nSPS) is 14.2. The lowest BCUT2D eigenvalue weighted by molar-refractivity contribution is 0.264. The van der Waals surface area contributed by atoms with E-state index in [1.165, 1.54) is 70.2 Å². The van der Waals surface area contributed by atoms with Gasteiger partial charge in [-0.05, 0) is 84.5 Å². The summed E-state index contributed by atoms with van der Waals surface area (Å²) in [6.07, 6.45) is 5.06. The highest BCUT2D eigenvalue weighted by molar-refractivity contribution is 5.79. The summed E-state index contributed by atoms with van der Waals surface area (Å²) in [5.74, 6) is 0. The Bertz CT molecular complexity index is 1160. The Morgan fingerprint density at radius 1 is 0.417 bits per heavy atom. The minimum absolute atomic E-state index is 0.381. The van der Waals surface area contributed by atoms with Crippen LogP contribution in [0.2, 0.25) is 0 Å². The summed E-state index contributed by atoms with van der Waals surface area (Å²) in [7, 11) is 4.60. The van der Waals surface area contributed by atoms with Crippen LogP contribution in [0.5, 0.6) is 0 Å². The van der Waals surface area contributed by atoms with Crippen molar-refractivity contribution < 1.29 is 0 Å². The number of hydrogen-bond acceptors (Lipinski definition) is 2. The summed E-state index contributed by atoms with van der Waals surface area (Å²) in [5.41, 5.74) is 11.5. The Morgan fingerprint density at radius 3 is 1.00 bits per heavy atom. The van der Waals surface area contributed by atoms with Gasteiger partial charge in [0, 0.05) is 0 Å². The van der Waals surface area contributed by atoms with Gasteiger partial charge in [-0.2, -0.15) is 0 Å². The second-order valence-corrected chi connectivity index (χ2v) is 10.5. The van der Waals surface area contributed by atoms with Crippen LogP contribution in [0.25, 0.3) is 22.3 Å². The van der Waals surface area contributed by atoms with Crippen LogP contribution in [0.3, 0.4) is 0 Å². The number of nitrogens with zero attached hydrogens (tertiary/aromatic N) is 2. The van der Waals surface area contributed by atoms with Gasteiger partial charge >= 0.3 is 0 Å². The molecule has 0 heterocycles. The highest BCUT2D eigenvalue weighted by Crippen LogP contribution is 2.46. The van der Waals surface area contributed by atoms with Crippen molar-refractivity contribution in [3.63, 3.8) is 0 Å². The van der Waals surface area contributed by atoms with Gasteiger partial charge in [-0.1, -0.05) is 110 Å². The van der Waals surface area contributed by atoms with Crippen molar-refractivity contribution in [3.05, 3.63) is 119 Å². The van der Waals surface area contributed by atoms with Crippen LogP contribution in [0.4, 0.5) is 0 Å². The molecule has 0 bridgehead atoms. The number of benzene rings is 4. The van der Waals surface area contributed by atoms with Gasteiger partial charge in [0.1, 0.15) is 0 Å². The number of fused-ring (bicyclic) bond motifs is 6. The van der Waals surface area contributed by atoms with Gasteiger partial charge in [-0.15, -0.1) is 0 Å². The molecule has 0 aromatic heterocycles. The summed E-state index contributed by atoms with van der Waals surface area (Å²) in [4.78, 5) is 5.12. The molecular formula is C34H36N2. The van der Waals surface area contributed by atoms with Crippen molar-refractivity contribution in [1.29, 1.82) is 0 Å². The largest absolute Gasteiger partial charge is 0.295 e. The molecule has 4 aromatic carbocycles. The van der Waals surface area contributed by atoms with Crippen molar-refractivity contribution in [2.45, 2.75) is 37.8 Å². The first kappa shape index (κ1) is 23.2. The van der Waals surface area contributed by atoms with E-state index >= 15 is 0 Å². The zero-order valence-electron chi connectivity index (χ0n) is 21.5. The van der Waals surface area contributed by atoms with E-state index in [4.69, 9.17) is 0 Å². The molecule has 0 radical (unpaired) electrons. The SMILES string of the molecule is CN(CCCCCCN(C)C1c2ccccc2-c2ccccc21)C1c2ccccc2-c2ccccc21. The molecule has 0 saturated heterocycles. The van der Waals surface area contributed by atoms with Crippen molar-refractivity contribution in [1.82, 2.24) is 9.80 Å². The van der Waals surface area contributed by atoms with Crippen LogP contribution in [0.15, 0.2) is 97.1 Å². The summed E-state index contributed by atoms with van der Waals surface area (Å²) in [6.45, 7) is 2.26. The number of unbranched alkanes of at least 4 members (excludes halogenated alkanes) is 3. The first-order valence-electron chi connectivity index (χ1n) is 13.5. The molecule has 0 aliphatic heterocycles. The van der Waals surface area contributed by atoms with Crippen molar-refractivity contribution in [2.24, 2.45) is 0 Å². The average molecular weight is 473 g/mol. The molecule has 2 aliphatic rings. The molecule has 0 saturated carbocycles. The Morgan fingerprint density at radius 2 is 0.694 bits per heavy atom. The lowest BCUT2D eigenvalue weighted by atomic mass is 10.0. The lowest BCUT2D eigenvalue weighted by Gasteiger charge is -2.27. The zero-order valence-corrected chi connectivity index (χ0v) is 21.5. The lowest BCUT2D eigenvalue weighted by Crippen LogP contribution is -2.26. The molecule has 0 unspecified atom stereocenters. The van der Waals surface area contributed by atoms with Crippen LogP contribution in [-0.2, 0) is 0 Å². The summed E-state index contributed by atoms with van der Waals surface area (Å²) in [6, 6.07) is 36.5. The molecule has 36 heavy (non-hydrogen) atoms. The third kappa shape index (κ3) is 4.09. The van der Waals surface area contributed by atoms with Crippen LogP contribution in [0, 0.1) is 0 Å². The van der Waals surface area contributed by atoms with Crippen molar-refractivity contribution in [2.75, 3.05) is 27.2 Å². The third-order valence-corrected chi connectivity index (χ3v) is 8.26. The van der Waals surface area contributed by atoms with Crippen LogP contribution >= 0.6 is 0 Å². The first-order chi connectivity index (χ1) is 17.7. The third-order valence-electron chi connectivity index (χ3n) is 8.26. The van der Waals surface area contributed by atoms with Crippen LogP contribution in [0.1, 0.15) is 60.0 Å². The fourth-order valence-electron chi connectivity index (χ4n) is 6.54. The average Bonchev–Trinajstić information content (AvgIpc) is 3.44. The maximum Gasteiger partial charge on any atom is 0.0611 e.